The second-order valence-corrected chi connectivity index (χ2v) is 4.34. The van der Waals surface area contributed by atoms with E-state index in [1.165, 1.54) is 0 Å². The third-order valence-corrected chi connectivity index (χ3v) is 2.40. The summed E-state index contributed by atoms with van der Waals surface area (Å²) in [6, 6.07) is 0. The summed E-state index contributed by atoms with van der Waals surface area (Å²) < 4.78 is 0. The van der Waals surface area contributed by atoms with Crippen LogP contribution in [0.4, 0.5) is 0 Å². The highest BCUT2D eigenvalue weighted by atomic mass is 32.2. The number of thioether (sulfide) groups is 1. The lowest BCUT2D eigenvalue weighted by atomic mass is 10.2. The van der Waals surface area contributed by atoms with Crippen molar-refractivity contribution >= 4 is 11.8 Å². The fourth-order valence-corrected chi connectivity index (χ4v) is 1.11. The molecule has 10 heavy (non-hydrogen) atoms. The SMILES string of the molecule is C#CC(C)(O)CSC(C)C. The van der Waals surface area contributed by atoms with Gasteiger partial charge in [0.2, 0.25) is 0 Å². The van der Waals surface area contributed by atoms with Crippen molar-refractivity contribution in [3.8, 4) is 12.3 Å². The Hall–Kier alpha value is -0.130. The maximum absolute atomic E-state index is 9.32. The summed E-state index contributed by atoms with van der Waals surface area (Å²) in [4.78, 5) is 0. The van der Waals surface area contributed by atoms with Gasteiger partial charge in [0, 0.05) is 5.75 Å². The van der Waals surface area contributed by atoms with Crippen LogP contribution >= 0.6 is 11.8 Å². The molecule has 2 heteroatoms. The predicted molar refractivity (Wildman–Crippen MR) is 47.1 cm³/mol. The van der Waals surface area contributed by atoms with Crippen molar-refractivity contribution < 1.29 is 5.11 Å². The molecule has 1 atom stereocenters. The molecule has 0 aromatic rings. The van der Waals surface area contributed by atoms with E-state index in [0.717, 1.165) is 0 Å². The van der Waals surface area contributed by atoms with Gasteiger partial charge in [-0.1, -0.05) is 19.8 Å². The molecule has 0 aromatic heterocycles. The van der Waals surface area contributed by atoms with Gasteiger partial charge in [0.05, 0.1) is 0 Å². The van der Waals surface area contributed by atoms with E-state index in [-0.39, 0.29) is 0 Å². The van der Waals surface area contributed by atoms with Crippen molar-refractivity contribution in [3.05, 3.63) is 0 Å². The van der Waals surface area contributed by atoms with Crippen LogP contribution in [-0.2, 0) is 0 Å². The molecule has 0 aliphatic carbocycles. The summed E-state index contributed by atoms with van der Waals surface area (Å²) in [5.74, 6) is 2.94. The minimum atomic E-state index is -0.936. The highest BCUT2D eigenvalue weighted by Gasteiger charge is 2.16. The lowest BCUT2D eigenvalue weighted by molar-refractivity contribution is 0.149. The highest BCUT2D eigenvalue weighted by Crippen LogP contribution is 2.16. The van der Waals surface area contributed by atoms with Crippen molar-refractivity contribution in [1.82, 2.24) is 0 Å². The summed E-state index contributed by atoms with van der Waals surface area (Å²) in [6.07, 6.45) is 5.08. The monoisotopic (exact) mass is 158 g/mol. The van der Waals surface area contributed by atoms with Crippen LogP contribution in [0.1, 0.15) is 20.8 Å². The topological polar surface area (TPSA) is 20.2 Å². The van der Waals surface area contributed by atoms with Crippen molar-refractivity contribution in [3.63, 3.8) is 0 Å². The van der Waals surface area contributed by atoms with E-state index >= 15 is 0 Å². The fraction of sp³-hybridized carbons (Fsp3) is 0.750. The van der Waals surface area contributed by atoms with Gasteiger partial charge < -0.3 is 5.11 Å². The van der Waals surface area contributed by atoms with Gasteiger partial charge in [0.25, 0.3) is 0 Å². The molecule has 0 saturated carbocycles. The zero-order valence-corrected chi connectivity index (χ0v) is 7.53. The first-order chi connectivity index (χ1) is 4.48. The van der Waals surface area contributed by atoms with E-state index in [0.29, 0.717) is 11.0 Å². The number of terminal acetylenes is 1. The molecule has 0 aliphatic heterocycles. The normalized spacial score (nSPS) is 16.4. The summed E-state index contributed by atoms with van der Waals surface area (Å²) in [5.41, 5.74) is -0.936. The molecule has 0 amide bonds. The third-order valence-electron chi connectivity index (χ3n) is 1.01. The number of rotatable bonds is 3. The number of hydrogen-bond donors (Lipinski definition) is 1. The van der Waals surface area contributed by atoms with Crippen LogP contribution in [0.25, 0.3) is 0 Å². The van der Waals surface area contributed by atoms with Gasteiger partial charge in [0.1, 0.15) is 5.60 Å². The van der Waals surface area contributed by atoms with Gasteiger partial charge in [-0.05, 0) is 12.2 Å². The van der Waals surface area contributed by atoms with Crippen molar-refractivity contribution in [2.24, 2.45) is 0 Å². The molecule has 0 fully saturated rings. The van der Waals surface area contributed by atoms with Crippen LogP contribution in [0.3, 0.4) is 0 Å². The van der Waals surface area contributed by atoms with Crippen LogP contribution < -0.4 is 0 Å². The molecule has 0 bridgehead atoms. The Morgan fingerprint density at radius 1 is 1.70 bits per heavy atom. The van der Waals surface area contributed by atoms with E-state index in [1.807, 2.05) is 0 Å². The summed E-state index contributed by atoms with van der Waals surface area (Å²) in [6.45, 7) is 5.82. The first kappa shape index (κ1) is 9.87. The largest absolute Gasteiger partial charge is 0.377 e. The van der Waals surface area contributed by atoms with Crippen LogP contribution in [0, 0.1) is 12.3 Å². The smallest absolute Gasteiger partial charge is 0.131 e. The first-order valence-corrected chi connectivity index (χ1v) is 4.34. The Bertz CT molecular complexity index is 133. The van der Waals surface area contributed by atoms with Gasteiger partial charge in [-0.15, -0.1) is 6.42 Å². The van der Waals surface area contributed by atoms with Crippen molar-refractivity contribution in [1.29, 1.82) is 0 Å². The quantitative estimate of drug-likeness (QED) is 0.628. The third kappa shape index (κ3) is 4.72. The van der Waals surface area contributed by atoms with E-state index < -0.39 is 5.60 Å². The van der Waals surface area contributed by atoms with Crippen LogP contribution in [0.2, 0.25) is 0 Å². The molecule has 1 unspecified atom stereocenters. The Kier molecular flexibility index (Phi) is 3.85. The fourth-order valence-electron chi connectivity index (χ4n) is 0.371. The van der Waals surface area contributed by atoms with Gasteiger partial charge in [-0.3, -0.25) is 0 Å². The molecule has 1 nitrogen and oxygen atoms in total. The minimum absolute atomic E-state index is 0.528. The lowest BCUT2D eigenvalue weighted by Crippen LogP contribution is -2.25. The lowest BCUT2D eigenvalue weighted by Gasteiger charge is -2.16. The maximum Gasteiger partial charge on any atom is 0.131 e. The van der Waals surface area contributed by atoms with E-state index in [2.05, 4.69) is 19.8 Å². The molecular weight excluding hydrogens is 144 g/mol. The molecule has 0 heterocycles. The van der Waals surface area contributed by atoms with Crippen molar-refractivity contribution in [2.45, 2.75) is 31.6 Å². The van der Waals surface area contributed by atoms with Crippen molar-refractivity contribution in [2.75, 3.05) is 5.75 Å². The van der Waals surface area contributed by atoms with E-state index in [9.17, 15) is 5.11 Å². The molecule has 1 N–H and O–H groups in total. The molecule has 0 rings (SSSR count). The number of hydrogen-bond acceptors (Lipinski definition) is 2. The molecular formula is C8H14OS. The summed E-state index contributed by atoms with van der Waals surface area (Å²) >= 11 is 1.67. The Balaban J connectivity index is 3.60. The second kappa shape index (κ2) is 3.90. The molecule has 0 aromatic carbocycles. The molecule has 0 radical (unpaired) electrons. The minimum Gasteiger partial charge on any atom is -0.377 e. The standard InChI is InChI=1S/C8H14OS/c1-5-8(4,9)6-10-7(2)3/h1,7,9H,6H2,2-4H3. The average Bonchev–Trinajstić information content (AvgIpc) is 1.85. The Morgan fingerprint density at radius 3 is 2.50 bits per heavy atom. The van der Waals surface area contributed by atoms with E-state index in [4.69, 9.17) is 6.42 Å². The van der Waals surface area contributed by atoms with Crippen LogP contribution in [0.15, 0.2) is 0 Å². The van der Waals surface area contributed by atoms with Gasteiger partial charge in [-0.2, -0.15) is 11.8 Å². The van der Waals surface area contributed by atoms with Gasteiger partial charge in [-0.25, -0.2) is 0 Å². The van der Waals surface area contributed by atoms with Crippen LogP contribution in [-0.4, -0.2) is 21.7 Å². The van der Waals surface area contributed by atoms with Crippen LogP contribution in [0.5, 0.6) is 0 Å². The number of aliphatic hydroxyl groups is 1. The molecule has 58 valence electrons. The maximum atomic E-state index is 9.32. The zero-order valence-electron chi connectivity index (χ0n) is 6.72. The van der Waals surface area contributed by atoms with Gasteiger partial charge in [0.15, 0.2) is 0 Å². The average molecular weight is 158 g/mol. The van der Waals surface area contributed by atoms with Gasteiger partial charge >= 0.3 is 0 Å². The Morgan fingerprint density at radius 2 is 2.20 bits per heavy atom. The van der Waals surface area contributed by atoms with E-state index in [1.54, 1.807) is 18.7 Å². The summed E-state index contributed by atoms with van der Waals surface area (Å²) in [7, 11) is 0. The summed E-state index contributed by atoms with van der Waals surface area (Å²) in [5, 5.41) is 9.84. The molecule has 0 saturated heterocycles. The first-order valence-electron chi connectivity index (χ1n) is 3.29. The predicted octanol–water partition coefficient (Wildman–Crippen LogP) is 1.51. The molecule has 0 spiro atoms. The highest BCUT2D eigenvalue weighted by molar-refractivity contribution is 7.99. The second-order valence-electron chi connectivity index (χ2n) is 2.78. The molecule has 0 aliphatic rings. The zero-order chi connectivity index (χ0) is 8.20. The Labute approximate surface area is 67.2 Å².